The van der Waals surface area contributed by atoms with E-state index >= 15 is 0 Å². The summed E-state index contributed by atoms with van der Waals surface area (Å²) in [5, 5.41) is 18.0. The van der Waals surface area contributed by atoms with Gasteiger partial charge >= 0.3 is 5.97 Å². The molecule has 0 bridgehead atoms. The third kappa shape index (κ3) is 10.1. The molecule has 0 aromatic carbocycles. The topological polar surface area (TPSA) is 57.5 Å². The van der Waals surface area contributed by atoms with Gasteiger partial charge in [-0.1, -0.05) is 50.8 Å². The second kappa shape index (κ2) is 11.0. The van der Waals surface area contributed by atoms with E-state index in [4.69, 9.17) is 5.11 Å². The maximum atomic E-state index is 10.4. The average molecular weight is 254 g/mol. The van der Waals surface area contributed by atoms with Crippen LogP contribution in [0.2, 0.25) is 0 Å². The van der Waals surface area contributed by atoms with Crippen LogP contribution in [0.1, 0.15) is 58.8 Å². The van der Waals surface area contributed by atoms with Gasteiger partial charge in [0.15, 0.2) is 0 Å². The minimum absolute atomic E-state index is 0.229. The molecule has 0 saturated carbocycles. The van der Waals surface area contributed by atoms with E-state index in [0.717, 1.165) is 6.42 Å². The third-order valence-electron chi connectivity index (χ3n) is 2.86. The molecule has 0 aliphatic rings. The van der Waals surface area contributed by atoms with Crippen LogP contribution in [0, 0.1) is 0 Å². The number of allylic oxidation sites excluding steroid dienone is 3. The summed E-state index contributed by atoms with van der Waals surface area (Å²) in [7, 11) is 0. The predicted molar refractivity (Wildman–Crippen MR) is 74.5 cm³/mol. The summed E-state index contributed by atoms with van der Waals surface area (Å²) in [4.78, 5) is 10.4. The van der Waals surface area contributed by atoms with Gasteiger partial charge < -0.3 is 10.2 Å². The summed E-state index contributed by atoms with van der Waals surface area (Å²) in [5.74, 6) is -0.977. The van der Waals surface area contributed by atoms with E-state index in [2.05, 4.69) is 13.0 Å². The number of aliphatic hydroxyl groups excluding tert-OH is 1. The highest BCUT2D eigenvalue weighted by Gasteiger charge is 2.09. The Morgan fingerprint density at radius 1 is 1.22 bits per heavy atom. The van der Waals surface area contributed by atoms with E-state index in [1.807, 2.05) is 6.08 Å². The molecule has 2 N–H and O–H groups in total. The van der Waals surface area contributed by atoms with Gasteiger partial charge in [0, 0.05) is 0 Å². The summed E-state index contributed by atoms with van der Waals surface area (Å²) in [6, 6.07) is 0. The molecular weight excluding hydrogens is 228 g/mol. The van der Waals surface area contributed by atoms with Crippen LogP contribution in [0.5, 0.6) is 0 Å². The number of carbonyl (C=O) groups is 1. The fourth-order valence-electron chi connectivity index (χ4n) is 1.62. The second-order valence-corrected chi connectivity index (χ2v) is 4.66. The normalized spacial score (nSPS) is 14.1. The maximum Gasteiger partial charge on any atom is 0.306 e. The molecule has 3 heteroatoms. The summed E-state index contributed by atoms with van der Waals surface area (Å²) in [6.07, 6.45) is 12.0. The molecule has 3 nitrogen and oxygen atoms in total. The van der Waals surface area contributed by atoms with Gasteiger partial charge in [0.25, 0.3) is 0 Å². The largest absolute Gasteiger partial charge is 0.481 e. The van der Waals surface area contributed by atoms with Crippen LogP contribution in [0.25, 0.3) is 0 Å². The molecule has 0 spiro atoms. The second-order valence-electron chi connectivity index (χ2n) is 4.66. The average Bonchev–Trinajstić information content (AvgIpc) is 2.31. The number of carboxylic acid groups (broad SMARTS) is 1. The highest BCUT2D eigenvalue weighted by atomic mass is 16.4. The van der Waals surface area contributed by atoms with E-state index < -0.39 is 12.1 Å². The first kappa shape index (κ1) is 16.9. The van der Waals surface area contributed by atoms with Crippen molar-refractivity contribution in [3.8, 4) is 0 Å². The van der Waals surface area contributed by atoms with Gasteiger partial charge in [-0.3, -0.25) is 4.79 Å². The van der Waals surface area contributed by atoms with Gasteiger partial charge in [0.1, 0.15) is 0 Å². The number of aliphatic carboxylic acids is 1. The standard InChI is InChI=1S/C15H26O3/c1-3-4-5-6-7-8-9-10-11-13(2)14(16)12-15(17)18/h9-11,14,16H,3-8,12H2,1-2H3,(H,17,18)/b10-9+,13-11+/t14-/m0/s1. The van der Waals surface area contributed by atoms with Crippen molar-refractivity contribution in [3.05, 3.63) is 23.8 Å². The summed E-state index contributed by atoms with van der Waals surface area (Å²) in [6.45, 7) is 3.95. The minimum atomic E-state index is -0.977. The molecule has 0 unspecified atom stereocenters. The zero-order valence-electron chi connectivity index (χ0n) is 11.6. The van der Waals surface area contributed by atoms with Crippen LogP contribution in [0.3, 0.4) is 0 Å². The van der Waals surface area contributed by atoms with E-state index in [9.17, 15) is 9.90 Å². The molecule has 0 amide bonds. The Balaban J connectivity index is 3.74. The van der Waals surface area contributed by atoms with Crippen LogP contribution < -0.4 is 0 Å². The number of aliphatic hydroxyl groups is 1. The van der Waals surface area contributed by atoms with Crippen LogP contribution in [-0.2, 0) is 4.79 Å². The van der Waals surface area contributed by atoms with E-state index in [1.165, 1.54) is 32.1 Å². The lowest BCUT2D eigenvalue weighted by molar-refractivity contribution is -0.138. The van der Waals surface area contributed by atoms with Crippen molar-refractivity contribution in [1.29, 1.82) is 0 Å². The van der Waals surface area contributed by atoms with Crippen molar-refractivity contribution in [3.63, 3.8) is 0 Å². The van der Waals surface area contributed by atoms with E-state index in [-0.39, 0.29) is 6.42 Å². The Labute approximate surface area is 110 Å². The molecule has 0 aliphatic carbocycles. The van der Waals surface area contributed by atoms with Crippen molar-refractivity contribution in [1.82, 2.24) is 0 Å². The molecule has 104 valence electrons. The fourth-order valence-corrected chi connectivity index (χ4v) is 1.62. The quantitative estimate of drug-likeness (QED) is 0.462. The number of hydrogen-bond acceptors (Lipinski definition) is 2. The number of rotatable bonds is 10. The highest BCUT2D eigenvalue weighted by molar-refractivity contribution is 5.67. The first-order valence-corrected chi connectivity index (χ1v) is 6.81. The van der Waals surface area contributed by atoms with Gasteiger partial charge in [0.05, 0.1) is 12.5 Å². The van der Waals surface area contributed by atoms with Crippen molar-refractivity contribution >= 4 is 5.97 Å². The van der Waals surface area contributed by atoms with Crippen molar-refractivity contribution < 1.29 is 15.0 Å². The molecule has 0 aromatic heterocycles. The Hall–Kier alpha value is -1.09. The van der Waals surface area contributed by atoms with Crippen molar-refractivity contribution in [2.24, 2.45) is 0 Å². The maximum absolute atomic E-state index is 10.4. The smallest absolute Gasteiger partial charge is 0.306 e. The highest BCUT2D eigenvalue weighted by Crippen LogP contribution is 2.07. The lowest BCUT2D eigenvalue weighted by atomic mass is 10.1. The third-order valence-corrected chi connectivity index (χ3v) is 2.86. The van der Waals surface area contributed by atoms with Crippen LogP contribution in [-0.4, -0.2) is 22.3 Å². The Morgan fingerprint density at radius 3 is 2.50 bits per heavy atom. The molecule has 0 rings (SSSR count). The van der Waals surface area contributed by atoms with E-state index in [0.29, 0.717) is 5.57 Å². The molecule has 0 aromatic rings. The molecule has 0 fully saturated rings. The van der Waals surface area contributed by atoms with Crippen molar-refractivity contribution in [2.45, 2.75) is 64.9 Å². The number of unbranched alkanes of at least 4 members (excludes halogenated alkanes) is 5. The van der Waals surface area contributed by atoms with Gasteiger partial charge in [0.2, 0.25) is 0 Å². The minimum Gasteiger partial charge on any atom is -0.481 e. The van der Waals surface area contributed by atoms with Crippen LogP contribution in [0.15, 0.2) is 23.8 Å². The Kier molecular flexibility index (Phi) is 10.4. The van der Waals surface area contributed by atoms with E-state index in [1.54, 1.807) is 13.0 Å². The fraction of sp³-hybridized carbons (Fsp3) is 0.667. The zero-order chi connectivity index (χ0) is 13.8. The summed E-state index contributed by atoms with van der Waals surface area (Å²) >= 11 is 0. The van der Waals surface area contributed by atoms with Gasteiger partial charge in [-0.25, -0.2) is 0 Å². The zero-order valence-corrected chi connectivity index (χ0v) is 11.6. The molecule has 18 heavy (non-hydrogen) atoms. The Bertz CT molecular complexity index is 279. The lowest BCUT2D eigenvalue weighted by Gasteiger charge is -2.06. The molecular formula is C15H26O3. The summed E-state index contributed by atoms with van der Waals surface area (Å²) in [5.41, 5.74) is 0.694. The van der Waals surface area contributed by atoms with Gasteiger partial charge in [-0.15, -0.1) is 0 Å². The summed E-state index contributed by atoms with van der Waals surface area (Å²) < 4.78 is 0. The van der Waals surface area contributed by atoms with Crippen LogP contribution in [0.4, 0.5) is 0 Å². The SMILES string of the molecule is CCCCCCC/C=C/C=C(\C)[C@@H](O)CC(=O)O. The molecule has 0 radical (unpaired) electrons. The number of hydrogen-bond donors (Lipinski definition) is 2. The monoisotopic (exact) mass is 254 g/mol. The van der Waals surface area contributed by atoms with Crippen molar-refractivity contribution in [2.75, 3.05) is 0 Å². The Morgan fingerprint density at radius 2 is 1.89 bits per heavy atom. The van der Waals surface area contributed by atoms with Gasteiger partial charge in [-0.2, -0.15) is 0 Å². The molecule has 0 heterocycles. The lowest BCUT2D eigenvalue weighted by Crippen LogP contribution is -2.13. The molecule has 1 atom stereocenters. The first-order valence-electron chi connectivity index (χ1n) is 6.81. The number of carboxylic acids is 1. The van der Waals surface area contributed by atoms with Gasteiger partial charge in [-0.05, 0) is 25.3 Å². The van der Waals surface area contributed by atoms with Crippen LogP contribution >= 0.6 is 0 Å². The first-order chi connectivity index (χ1) is 8.57. The predicted octanol–water partition coefficient (Wildman–Crippen LogP) is 3.69. The molecule has 0 saturated heterocycles. The molecule has 0 aliphatic heterocycles.